The third-order valence-corrected chi connectivity index (χ3v) is 10.3. The third kappa shape index (κ3) is 3.16. The number of benzene rings is 4. The molecule has 0 fully saturated rings. The zero-order chi connectivity index (χ0) is 18.5. The summed E-state index contributed by atoms with van der Waals surface area (Å²) in [7, 11) is -2.45. The van der Waals surface area contributed by atoms with Crippen molar-refractivity contribution in [1.82, 2.24) is 0 Å². The lowest BCUT2D eigenvalue weighted by molar-refractivity contribution is 0.605. The van der Waals surface area contributed by atoms with Crippen molar-refractivity contribution in [2.24, 2.45) is 0 Å². The van der Waals surface area contributed by atoms with Gasteiger partial charge in [-0.05, 0) is 20.7 Å². The summed E-state index contributed by atoms with van der Waals surface area (Å²) in [6.45, 7) is 0. The van der Waals surface area contributed by atoms with E-state index < -0.39 is 8.07 Å². The Hall–Kier alpha value is -2.88. The van der Waals surface area contributed by atoms with Crippen LogP contribution >= 0.6 is 0 Å². The molecule has 130 valence electrons. The predicted octanol–water partition coefficient (Wildman–Crippen LogP) is 2.85. The maximum Gasteiger partial charge on any atom is 0.505 e. The molecule has 0 atom stereocenters. The summed E-state index contributed by atoms with van der Waals surface area (Å²) in [5.41, 5.74) is 0. The van der Waals surface area contributed by atoms with Crippen molar-refractivity contribution >= 4 is 40.5 Å². The van der Waals surface area contributed by atoms with Crippen LogP contribution in [-0.2, 0) is 15.9 Å². The molecule has 0 saturated carbocycles. The molecule has 4 aromatic rings. The summed E-state index contributed by atoms with van der Waals surface area (Å²) < 4.78 is 11.2. The average Bonchev–Trinajstić information content (AvgIpc) is 2.77. The lowest BCUT2D eigenvalue weighted by atomic mass is 10.3. The highest BCUT2D eigenvalue weighted by molar-refractivity contribution is 7.65. The molecular formula is C24H19OSSi+. The fourth-order valence-electron chi connectivity index (χ4n) is 3.82. The van der Waals surface area contributed by atoms with Crippen LogP contribution in [0.15, 0.2) is 120 Å². The Labute approximate surface area is 164 Å². The zero-order valence-corrected chi connectivity index (χ0v) is 16.6. The minimum Gasteiger partial charge on any atom is -0.0623 e. The maximum atomic E-state index is 11.2. The van der Waals surface area contributed by atoms with E-state index in [2.05, 4.69) is 103 Å². The second-order valence-corrected chi connectivity index (χ2v) is 10.9. The van der Waals surface area contributed by atoms with Crippen LogP contribution in [-0.4, -0.2) is 8.07 Å². The molecule has 0 amide bonds. The molecule has 0 spiro atoms. The van der Waals surface area contributed by atoms with Crippen LogP contribution in [0, 0.1) is 0 Å². The summed E-state index contributed by atoms with van der Waals surface area (Å²) in [5, 5.41) is 5.30. The van der Waals surface area contributed by atoms with Crippen molar-refractivity contribution in [3.05, 3.63) is 115 Å². The fraction of sp³-hybridized carbons (Fsp3) is 0. The minimum absolute atomic E-state index is 0.541. The first-order valence-electron chi connectivity index (χ1n) is 8.92. The first kappa shape index (κ1) is 17.5. The highest BCUT2D eigenvalue weighted by atomic mass is 32.1. The molecule has 0 aromatic heterocycles. The van der Waals surface area contributed by atoms with Crippen LogP contribution in [0.1, 0.15) is 0 Å². The smallest absolute Gasteiger partial charge is 0.0623 e. The van der Waals surface area contributed by atoms with Gasteiger partial charge in [-0.25, -0.2) is 0 Å². The summed E-state index contributed by atoms with van der Waals surface area (Å²) in [5.74, 6) is 0. The van der Waals surface area contributed by atoms with Gasteiger partial charge in [-0.3, -0.25) is 0 Å². The molecule has 0 aliphatic carbocycles. The van der Waals surface area contributed by atoms with Crippen molar-refractivity contribution in [1.29, 1.82) is 0 Å². The van der Waals surface area contributed by atoms with Crippen LogP contribution in [0.2, 0.25) is 0 Å². The zero-order valence-electron chi connectivity index (χ0n) is 14.8. The SMILES string of the molecule is O=[S+]c1ccc([Si](c2ccccc2)(c2ccccc2)c2ccccc2)cc1. The average molecular weight is 384 g/mol. The van der Waals surface area contributed by atoms with Crippen molar-refractivity contribution in [3.8, 4) is 0 Å². The highest BCUT2D eigenvalue weighted by Crippen LogP contribution is 2.10. The molecule has 0 aliphatic heterocycles. The van der Waals surface area contributed by atoms with Gasteiger partial charge in [0, 0.05) is 16.3 Å². The molecule has 3 heteroatoms. The van der Waals surface area contributed by atoms with Gasteiger partial charge in [0.05, 0.1) is 0 Å². The Morgan fingerprint density at radius 1 is 0.444 bits per heavy atom. The summed E-state index contributed by atoms with van der Waals surface area (Å²) in [6, 6.07) is 40.5. The topological polar surface area (TPSA) is 17.1 Å². The van der Waals surface area contributed by atoms with Gasteiger partial charge < -0.3 is 0 Å². The molecular weight excluding hydrogens is 364 g/mol. The van der Waals surface area contributed by atoms with Gasteiger partial charge in [-0.15, -0.1) is 0 Å². The van der Waals surface area contributed by atoms with Gasteiger partial charge in [-0.2, -0.15) is 0 Å². The Morgan fingerprint density at radius 3 is 1.11 bits per heavy atom. The predicted molar refractivity (Wildman–Crippen MR) is 116 cm³/mol. The van der Waals surface area contributed by atoms with E-state index in [0.29, 0.717) is 11.7 Å². The van der Waals surface area contributed by atoms with Crippen molar-refractivity contribution in [3.63, 3.8) is 0 Å². The standard InChI is InChI=1S/C24H19OSSi/c25-26-20-16-18-24(19-17-20)27(21-10-4-1-5-11-21,22-12-6-2-7-13-22)23-14-8-3-9-15-23/h1-19H/q+1. The lowest BCUT2D eigenvalue weighted by Gasteiger charge is -2.34. The van der Waals surface area contributed by atoms with Crippen molar-refractivity contribution < 1.29 is 4.21 Å². The van der Waals surface area contributed by atoms with Crippen LogP contribution < -0.4 is 20.7 Å². The second kappa shape index (κ2) is 7.78. The second-order valence-electron chi connectivity index (χ2n) is 6.46. The molecule has 0 bridgehead atoms. The van der Waals surface area contributed by atoms with Crippen molar-refractivity contribution in [2.45, 2.75) is 4.90 Å². The molecule has 0 aliphatic rings. The molecule has 4 rings (SSSR count). The molecule has 0 saturated heterocycles. The highest BCUT2D eigenvalue weighted by Gasteiger charge is 2.41. The van der Waals surface area contributed by atoms with Crippen LogP contribution in [0.25, 0.3) is 0 Å². The number of hydrogen-bond donors (Lipinski definition) is 0. The van der Waals surface area contributed by atoms with Gasteiger partial charge in [0.1, 0.15) is 0 Å². The molecule has 0 N–H and O–H groups in total. The fourth-order valence-corrected chi connectivity index (χ4v) is 8.82. The minimum atomic E-state index is -2.45. The summed E-state index contributed by atoms with van der Waals surface area (Å²) >= 11 is 0.541. The number of rotatable bonds is 5. The lowest BCUT2D eigenvalue weighted by Crippen LogP contribution is -2.74. The van der Waals surface area contributed by atoms with E-state index in [-0.39, 0.29) is 0 Å². The molecule has 0 radical (unpaired) electrons. The van der Waals surface area contributed by atoms with E-state index in [9.17, 15) is 4.21 Å². The largest absolute Gasteiger partial charge is 0.505 e. The first-order valence-corrected chi connectivity index (χ1v) is 11.7. The van der Waals surface area contributed by atoms with E-state index in [1.165, 1.54) is 20.7 Å². The van der Waals surface area contributed by atoms with E-state index in [4.69, 9.17) is 0 Å². The first-order chi connectivity index (χ1) is 13.4. The normalized spacial score (nSPS) is 11.1. The van der Waals surface area contributed by atoms with E-state index in [1.807, 2.05) is 12.1 Å². The van der Waals surface area contributed by atoms with Gasteiger partial charge in [0.25, 0.3) is 4.90 Å². The molecule has 0 unspecified atom stereocenters. The van der Waals surface area contributed by atoms with Gasteiger partial charge >= 0.3 is 11.7 Å². The Balaban J connectivity index is 2.10. The van der Waals surface area contributed by atoms with Crippen molar-refractivity contribution in [2.75, 3.05) is 0 Å². The Bertz CT molecular complexity index is 920. The maximum absolute atomic E-state index is 11.2. The van der Waals surface area contributed by atoms with E-state index >= 15 is 0 Å². The summed E-state index contributed by atoms with van der Waals surface area (Å²) in [6.07, 6.45) is 0. The quantitative estimate of drug-likeness (QED) is 0.294. The molecule has 1 nitrogen and oxygen atoms in total. The number of hydrogen-bond acceptors (Lipinski definition) is 1. The molecule has 4 aromatic carbocycles. The van der Waals surface area contributed by atoms with E-state index in [1.54, 1.807) is 0 Å². The van der Waals surface area contributed by atoms with Gasteiger partial charge in [0.2, 0.25) is 0 Å². The summed E-state index contributed by atoms with van der Waals surface area (Å²) in [4.78, 5) is 0.746. The third-order valence-electron chi connectivity index (χ3n) is 5.00. The Kier molecular flexibility index (Phi) is 5.05. The van der Waals surface area contributed by atoms with Gasteiger partial charge in [0.15, 0.2) is 8.07 Å². The van der Waals surface area contributed by atoms with Crippen LogP contribution in [0.3, 0.4) is 0 Å². The molecule has 27 heavy (non-hydrogen) atoms. The van der Waals surface area contributed by atoms with E-state index in [0.717, 1.165) is 4.90 Å². The van der Waals surface area contributed by atoms with Crippen LogP contribution in [0.5, 0.6) is 0 Å². The van der Waals surface area contributed by atoms with Gasteiger partial charge in [-0.1, -0.05) is 103 Å². The molecule has 0 heterocycles. The monoisotopic (exact) mass is 383 g/mol. The Morgan fingerprint density at radius 2 is 0.778 bits per heavy atom. The van der Waals surface area contributed by atoms with Crippen LogP contribution in [0.4, 0.5) is 0 Å².